The average Bonchev–Trinajstić information content (AvgIpc) is 2.20. The van der Waals surface area contributed by atoms with Crippen molar-refractivity contribution in [1.29, 1.82) is 0 Å². The van der Waals surface area contributed by atoms with E-state index in [2.05, 4.69) is 31.9 Å². The molecule has 3 nitrogen and oxygen atoms in total. The van der Waals surface area contributed by atoms with Gasteiger partial charge in [-0.05, 0) is 46.0 Å². The van der Waals surface area contributed by atoms with Crippen LogP contribution in [0.5, 0.6) is 0 Å². The molecule has 0 saturated carbocycles. The molecule has 1 rings (SSSR count). The maximum absolute atomic E-state index is 12.6. The van der Waals surface area contributed by atoms with Gasteiger partial charge in [0.1, 0.15) is 0 Å². The smallest absolute Gasteiger partial charge is 0.207 e. The third kappa shape index (κ3) is 4.28. The van der Waals surface area contributed by atoms with Crippen molar-refractivity contribution in [1.82, 2.24) is 4.31 Å². The Balaban J connectivity index is 3.25. The Labute approximate surface area is 132 Å². The first-order valence-electron chi connectivity index (χ1n) is 5.87. The minimum atomic E-state index is -3.49. The van der Waals surface area contributed by atoms with Gasteiger partial charge < -0.3 is 0 Å². The molecule has 19 heavy (non-hydrogen) atoms. The summed E-state index contributed by atoms with van der Waals surface area (Å²) in [6.07, 6.45) is 0. The van der Waals surface area contributed by atoms with Crippen molar-refractivity contribution in [2.45, 2.75) is 32.6 Å². The summed E-state index contributed by atoms with van der Waals surface area (Å²) in [6.45, 7) is 8.43. The first-order valence-corrected chi connectivity index (χ1v) is 8.90. The first-order chi connectivity index (χ1) is 8.45. The van der Waals surface area contributed by atoms with E-state index in [1.807, 2.05) is 33.8 Å². The van der Waals surface area contributed by atoms with Gasteiger partial charge in [-0.15, -0.1) is 0 Å². The molecule has 0 aliphatic heterocycles. The van der Waals surface area contributed by atoms with Crippen molar-refractivity contribution in [3.63, 3.8) is 0 Å². The third-order valence-corrected chi connectivity index (χ3v) is 6.21. The predicted molar refractivity (Wildman–Crippen MR) is 85.8 cm³/mol. The highest BCUT2D eigenvalue weighted by Crippen LogP contribution is 2.31. The zero-order chi connectivity index (χ0) is 15.0. The highest BCUT2D eigenvalue weighted by atomic mass is 79.9. The molecule has 108 valence electrons. The van der Waals surface area contributed by atoms with Gasteiger partial charge in [0.25, 0.3) is 0 Å². The lowest BCUT2D eigenvalue weighted by Crippen LogP contribution is -2.34. The van der Waals surface area contributed by atoms with Crippen LogP contribution in [0.25, 0.3) is 0 Å². The number of rotatable bonds is 3. The Morgan fingerprint density at radius 1 is 1.16 bits per heavy atom. The van der Waals surface area contributed by atoms with Crippen molar-refractivity contribution in [3.8, 4) is 0 Å². The summed E-state index contributed by atoms with van der Waals surface area (Å²) in [5.74, 6) is 0. The van der Waals surface area contributed by atoms with Crippen LogP contribution >= 0.6 is 31.9 Å². The summed E-state index contributed by atoms with van der Waals surface area (Å²) in [6, 6.07) is 3.45. The van der Waals surface area contributed by atoms with Gasteiger partial charge in [-0.25, -0.2) is 12.7 Å². The number of sulfonamides is 1. The van der Waals surface area contributed by atoms with E-state index < -0.39 is 10.0 Å². The van der Waals surface area contributed by atoms with Gasteiger partial charge in [0, 0.05) is 22.5 Å². The second kappa shape index (κ2) is 5.84. The first kappa shape index (κ1) is 17.1. The fourth-order valence-corrected chi connectivity index (χ4v) is 4.78. The summed E-state index contributed by atoms with van der Waals surface area (Å²) in [5.41, 5.74) is 0.903. The number of hydrogen-bond donors (Lipinski definition) is 0. The number of nitrogens with zero attached hydrogens (tertiary/aromatic N) is 1. The maximum atomic E-state index is 12.6. The Bertz CT molecular complexity index is 577. The second-order valence-corrected chi connectivity index (χ2v) is 9.58. The van der Waals surface area contributed by atoms with E-state index in [0.29, 0.717) is 11.0 Å². The van der Waals surface area contributed by atoms with E-state index in [0.717, 1.165) is 10.0 Å². The van der Waals surface area contributed by atoms with Gasteiger partial charge in [0.2, 0.25) is 10.0 Å². The fourth-order valence-electron chi connectivity index (χ4n) is 1.75. The largest absolute Gasteiger partial charge is 0.243 e. The van der Waals surface area contributed by atoms with Gasteiger partial charge in [0.15, 0.2) is 0 Å². The van der Waals surface area contributed by atoms with E-state index in [1.54, 1.807) is 13.1 Å². The molecule has 1 aromatic carbocycles. The lowest BCUT2D eigenvalue weighted by Gasteiger charge is -2.26. The van der Waals surface area contributed by atoms with Crippen LogP contribution in [-0.2, 0) is 10.0 Å². The molecule has 0 radical (unpaired) electrons. The van der Waals surface area contributed by atoms with Crippen molar-refractivity contribution in [2.24, 2.45) is 5.41 Å². The van der Waals surface area contributed by atoms with Gasteiger partial charge in [-0.2, -0.15) is 0 Å². The summed E-state index contributed by atoms with van der Waals surface area (Å²) in [7, 11) is -1.87. The standard InChI is InChI=1S/C13H19Br2NO2S/c1-9-6-11(15)12(7-10(9)14)19(17,18)16(5)8-13(2,3)4/h6-7H,8H2,1-5H3. The maximum Gasteiger partial charge on any atom is 0.243 e. The molecule has 0 saturated heterocycles. The van der Waals surface area contributed by atoms with Crippen LogP contribution in [-0.4, -0.2) is 26.3 Å². The topological polar surface area (TPSA) is 37.4 Å². The summed E-state index contributed by atoms with van der Waals surface area (Å²) in [4.78, 5) is 0.289. The van der Waals surface area contributed by atoms with E-state index in [9.17, 15) is 8.42 Å². The lowest BCUT2D eigenvalue weighted by atomic mass is 9.97. The van der Waals surface area contributed by atoms with Crippen LogP contribution in [0.4, 0.5) is 0 Å². The van der Waals surface area contributed by atoms with E-state index in [1.165, 1.54) is 4.31 Å². The van der Waals surface area contributed by atoms with Crippen molar-refractivity contribution < 1.29 is 8.42 Å². The van der Waals surface area contributed by atoms with Crippen molar-refractivity contribution in [2.75, 3.05) is 13.6 Å². The van der Waals surface area contributed by atoms with Gasteiger partial charge in [-0.3, -0.25) is 0 Å². The van der Waals surface area contributed by atoms with Crippen LogP contribution in [0.2, 0.25) is 0 Å². The second-order valence-electron chi connectivity index (χ2n) is 5.85. The highest BCUT2D eigenvalue weighted by molar-refractivity contribution is 9.11. The minimum absolute atomic E-state index is 0.0871. The molecule has 0 fully saturated rings. The molecule has 6 heteroatoms. The number of halogens is 2. The van der Waals surface area contributed by atoms with Crippen molar-refractivity contribution >= 4 is 41.9 Å². The molecule has 0 unspecified atom stereocenters. The molecule has 0 aliphatic rings. The Kier molecular flexibility index (Phi) is 5.26. The summed E-state index contributed by atoms with van der Waals surface area (Å²) in [5, 5.41) is 0. The van der Waals surface area contributed by atoms with Gasteiger partial charge in [-0.1, -0.05) is 36.7 Å². The molecular formula is C13H19Br2NO2S. The molecule has 0 N–H and O–H groups in total. The van der Waals surface area contributed by atoms with Crippen LogP contribution in [0, 0.1) is 12.3 Å². The van der Waals surface area contributed by atoms with Crippen LogP contribution < -0.4 is 0 Å². The molecule has 0 aliphatic carbocycles. The molecule has 0 amide bonds. The Morgan fingerprint density at radius 3 is 2.16 bits per heavy atom. The van der Waals surface area contributed by atoms with Gasteiger partial charge >= 0.3 is 0 Å². The van der Waals surface area contributed by atoms with E-state index in [4.69, 9.17) is 0 Å². The monoisotopic (exact) mass is 411 g/mol. The third-order valence-electron chi connectivity index (χ3n) is 2.60. The molecule has 0 aromatic heterocycles. The lowest BCUT2D eigenvalue weighted by molar-refractivity contribution is 0.310. The summed E-state index contributed by atoms with van der Waals surface area (Å²) >= 11 is 6.72. The normalized spacial score (nSPS) is 13.1. The molecule has 0 atom stereocenters. The van der Waals surface area contributed by atoms with Crippen LogP contribution in [0.3, 0.4) is 0 Å². The van der Waals surface area contributed by atoms with Crippen molar-refractivity contribution in [3.05, 3.63) is 26.6 Å². The molecule has 1 aromatic rings. The van der Waals surface area contributed by atoms with E-state index in [-0.39, 0.29) is 10.3 Å². The molecular weight excluding hydrogens is 394 g/mol. The Morgan fingerprint density at radius 2 is 1.68 bits per heavy atom. The zero-order valence-corrected chi connectivity index (χ0v) is 15.8. The number of benzene rings is 1. The van der Waals surface area contributed by atoms with Crippen LogP contribution in [0.1, 0.15) is 26.3 Å². The molecule has 0 spiro atoms. The SMILES string of the molecule is Cc1cc(Br)c(S(=O)(=O)N(C)CC(C)(C)C)cc1Br. The van der Waals surface area contributed by atoms with E-state index >= 15 is 0 Å². The quantitative estimate of drug-likeness (QED) is 0.746. The average molecular weight is 413 g/mol. The zero-order valence-electron chi connectivity index (χ0n) is 11.8. The molecule has 0 bridgehead atoms. The summed E-state index contributed by atoms with van der Waals surface area (Å²) < 4.78 is 27.9. The minimum Gasteiger partial charge on any atom is -0.207 e. The number of hydrogen-bond acceptors (Lipinski definition) is 2. The number of aryl methyl sites for hydroxylation is 1. The Hall–Kier alpha value is 0.0900. The predicted octanol–water partition coefficient (Wildman–Crippen LogP) is 4.19. The van der Waals surface area contributed by atoms with Gasteiger partial charge in [0.05, 0.1) is 4.90 Å². The molecule has 0 heterocycles. The highest BCUT2D eigenvalue weighted by Gasteiger charge is 2.27. The fraction of sp³-hybridized carbons (Fsp3) is 0.538. The van der Waals surface area contributed by atoms with Crippen LogP contribution in [0.15, 0.2) is 26.0 Å².